The number of fused-ring (bicyclic) bond motifs is 1. The van der Waals surface area contributed by atoms with Gasteiger partial charge in [-0.3, -0.25) is 4.79 Å². The van der Waals surface area contributed by atoms with E-state index in [2.05, 4.69) is 0 Å². The Kier molecular flexibility index (Phi) is 6.93. The normalized spacial score (nSPS) is 14.0. The maximum absolute atomic E-state index is 14.8. The van der Waals surface area contributed by atoms with Crippen LogP contribution in [0.1, 0.15) is 10.4 Å². The van der Waals surface area contributed by atoms with Crippen LogP contribution in [-0.4, -0.2) is 48.3 Å². The summed E-state index contributed by atoms with van der Waals surface area (Å²) in [4.78, 5) is 14.3. The molecular formula is C31H27FN2O5S2. The van der Waals surface area contributed by atoms with E-state index in [1.54, 1.807) is 24.3 Å². The van der Waals surface area contributed by atoms with E-state index in [-0.39, 0.29) is 11.5 Å². The highest BCUT2D eigenvalue weighted by molar-refractivity contribution is 7.90. The number of aliphatic hydroxyl groups is 1. The summed E-state index contributed by atoms with van der Waals surface area (Å²) in [6, 6.07) is 19.9. The highest BCUT2D eigenvalue weighted by Crippen LogP contribution is 2.46. The molecule has 1 aliphatic rings. The molecule has 2 aromatic heterocycles. The minimum Gasteiger partial charge on any atom is -0.481 e. The molecule has 210 valence electrons. The summed E-state index contributed by atoms with van der Waals surface area (Å²) in [5.74, 6) is -1.81. The van der Waals surface area contributed by atoms with Crippen molar-refractivity contribution in [3.63, 3.8) is 0 Å². The van der Waals surface area contributed by atoms with Gasteiger partial charge in [-0.25, -0.2) is 16.8 Å². The summed E-state index contributed by atoms with van der Waals surface area (Å²) in [6.07, 6.45) is 0.365. The van der Waals surface area contributed by atoms with Crippen molar-refractivity contribution in [3.05, 3.63) is 94.4 Å². The monoisotopic (exact) mass is 590 g/mol. The first-order valence-corrected chi connectivity index (χ1v) is 15.4. The van der Waals surface area contributed by atoms with Crippen molar-refractivity contribution in [1.82, 2.24) is 3.97 Å². The smallest absolute Gasteiger partial charge is 0.310 e. The largest absolute Gasteiger partial charge is 0.481 e. The molecule has 0 spiro atoms. The molecule has 1 fully saturated rings. The molecule has 41 heavy (non-hydrogen) atoms. The number of benzene rings is 3. The number of aryl methyl sites for hydroxylation is 1. The lowest BCUT2D eigenvalue weighted by Gasteiger charge is -2.38. The van der Waals surface area contributed by atoms with Gasteiger partial charge in [-0.2, -0.15) is 0 Å². The molecule has 0 aliphatic carbocycles. The average molecular weight is 591 g/mol. The number of carboxylic acids is 1. The molecule has 0 radical (unpaired) electrons. The lowest BCUT2D eigenvalue weighted by atomic mass is 9.96. The molecule has 0 unspecified atom stereocenters. The number of hydrogen-bond donors (Lipinski definition) is 2. The Balaban J connectivity index is 1.66. The summed E-state index contributed by atoms with van der Waals surface area (Å²) in [5, 5.41) is 21.4. The lowest BCUT2D eigenvalue weighted by Crippen LogP contribution is -2.50. The van der Waals surface area contributed by atoms with Crippen molar-refractivity contribution in [3.8, 4) is 22.4 Å². The van der Waals surface area contributed by atoms with Gasteiger partial charge in [0.1, 0.15) is 5.82 Å². The van der Waals surface area contributed by atoms with Crippen molar-refractivity contribution < 1.29 is 27.8 Å². The zero-order chi connectivity index (χ0) is 28.9. The summed E-state index contributed by atoms with van der Waals surface area (Å²) < 4.78 is 44.9. The van der Waals surface area contributed by atoms with Gasteiger partial charge in [0.15, 0.2) is 0 Å². The van der Waals surface area contributed by atoms with Crippen molar-refractivity contribution >= 4 is 43.9 Å². The number of carbonyl (C=O) groups is 1. The molecule has 3 aromatic carbocycles. The second-order valence-electron chi connectivity index (χ2n) is 10.2. The standard InChI is InChI=1S/C31H27FN2O5S2/c1-19-5-8-24(9-6-19)41(38,39)34-27-10-7-22(32)16-26(27)29(25-12-14-40-28(25)11-13-35)30(34)20-3-2-4-23(15-20)33-17-21(18-33)31(36)37/h2-10,12,14-16,21,35H,11,13,17-18H2,1H3,(H,36,37). The lowest BCUT2D eigenvalue weighted by molar-refractivity contribution is -0.142. The Labute approximate surface area is 240 Å². The maximum atomic E-state index is 14.8. The highest BCUT2D eigenvalue weighted by atomic mass is 32.2. The number of carboxylic acid groups (broad SMARTS) is 1. The second-order valence-corrected chi connectivity index (χ2v) is 13.0. The van der Waals surface area contributed by atoms with E-state index in [1.165, 1.54) is 33.5 Å². The summed E-state index contributed by atoms with van der Waals surface area (Å²) >= 11 is 1.45. The maximum Gasteiger partial charge on any atom is 0.310 e. The molecule has 6 rings (SSSR count). The summed E-state index contributed by atoms with van der Waals surface area (Å²) in [6.45, 7) is 2.50. The van der Waals surface area contributed by atoms with Gasteiger partial charge in [0, 0.05) is 53.2 Å². The van der Waals surface area contributed by atoms with E-state index < -0.39 is 27.7 Å². The molecule has 2 N–H and O–H groups in total. The van der Waals surface area contributed by atoms with Gasteiger partial charge < -0.3 is 15.1 Å². The third kappa shape index (κ3) is 4.71. The molecule has 0 amide bonds. The zero-order valence-corrected chi connectivity index (χ0v) is 23.8. The first-order chi connectivity index (χ1) is 19.7. The number of anilines is 1. The van der Waals surface area contributed by atoms with Gasteiger partial charge >= 0.3 is 5.97 Å². The molecule has 1 saturated heterocycles. The SMILES string of the molecule is Cc1ccc(S(=O)(=O)n2c(-c3cccc(N4CC(C(=O)O)C4)c3)c(-c3ccsc3CCO)c3cc(F)ccc32)cc1. The van der Waals surface area contributed by atoms with E-state index in [0.717, 1.165) is 21.7 Å². The summed E-state index contributed by atoms with van der Waals surface area (Å²) in [7, 11) is -4.16. The fourth-order valence-electron chi connectivity index (χ4n) is 5.39. The molecule has 5 aromatic rings. The Morgan fingerprint density at radius 3 is 2.51 bits per heavy atom. The van der Waals surface area contributed by atoms with Gasteiger partial charge in [0.2, 0.25) is 0 Å². The number of aliphatic carboxylic acids is 1. The Morgan fingerprint density at radius 2 is 1.80 bits per heavy atom. The Bertz CT molecular complexity index is 1890. The van der Waals surface area contributed by atoms with Crippen molar-refractivity contribution in [2.24, 2.45) is 5.92 Å². The van der Waals surface area contributed by atoms with E-state index in [0.29, 0.717) is 47.2 Å². The fourth-order valence-corrected chi connectivity index (χ4v) is 7.81. The third-order valence-corrected chi connectivity index (χ3v) is 10.2. The van der Waals surface area contributed by atoms with Crippen LogP contribution in [0.4, 0.5) is 10.1 Å². The van der Waals surface area contributed by atoms with E-state index in [4.69, 9.17) is 0 Å². The van der Waals surface area contributed by atoms with Gasteiger partial charge in [-0.15, -0.1) is 11.3 Å². The predicted molar refractivity (Wildman–Crippen MR) is 159 cm³/mol. The molecule has 3 heterocycles. The predicted octanol–water partition coefficient (Wildman–Crippen LogP) is 5.78. The molecular weight excluding hydrogens is 563 g/mol. The van der Waals surface area contributed by atoms with Crippen molar-refractivity contribution in [2.45, 2.75) is 18.2 Å². The summed E-state index contributed by atoms with van der Waals surface area (Å²) in [5.41, 5.74) is 4.27. The molecule has 0 bridgehead atoms. The van der Waals surface area contributed by atoms with Crippen LogP contribution < -0.4 is 4.90 Å². The van der Waals surface area contributed by atoms with Gasteiger partial charge in [-0.1, -0.05) is 29.8 Å². The van der Waals surface area contributed by atoms with E-state index in [9.17, 15) is 27.8 Å². The first kappa shape index (κ1) is 27.2. The van der Waals surface area contributed by atoms with Crippen LogP contribution in [0.15, 0.2) is 83.1 Å². The minimum atomic E-state index is -4.16. The molecule has 1 aliphatic heterocycles. The van der Waals surface area contributed by atoms with E-state index in [1.807, 2.05) is 47.5 Å². The fraction of sp³-hybridized carbons (Fsp3) is 0.194. The van der Waals surface area contributed by atoms with Crippen LogP contribution in [0, 0.1) is 18.7 Å². The van der Waals surface area contributed by atoms with Crippen molar-refractivity contribution in [1.29, 1.82) is 0 Å². The van der Waals surface area contributed by atoms with Gasteiger partial charge in [-0.05, 0) is 66.4 Å². The van der Waals surface area contributed by atoms with Crippen LogP contribution >= 0.6 is 11.3 Å². The minimum absolute atomic E-state index is 0.0906. The number of aliphatic hydroxyl groups excluding tert-OH is 1. The third-order valence-electron chi connectivity index (χ3n) is 7.51. The van der Waals surface area contributed by atoms with E-state index >= 15 is 0 Å². The molecule has 0 saturated carbocycles. The first-order valence-electron chi connectivity index (χ1n) is 13.1. The second kappa shape index (κ2) is 10.4. The number of aromatic nitrogens is 1. The Morgan fingerprint density at radius 1 is 1.05 bits per heavy atom. The number of thiophene rings is 1. The molecule has 10 heteroatoms. The van der Waals surface area contributed by atoms with Crippen LogP contribution in [0.25, 0.3) is 33.3 Å². The molecule has 7 nitrogen and oxygen atoms in total. The number of hydrogen-bond acceptors (Lipinski definition) is 6. The molecule has 0 atom stereocenters. The van der Waals surface area contributed by atoms with Crippen LogP contribution in [0.5, 0.6) is 0 Å². The Hall–Kier alpha value is -3.99. The average Bonchev–Trinajstić information content (AvgIpc) is 3.50. The van der Waals surface area contributed by atoms with Crippen LogP contribution in [-0.2, 0) is 21.2 Å². The van der Waals surface area contributed by atoms with Crippen LogP contribution in [0.2, 0.25) is 0 Å². The topological polar surface area (TPSA) is 99.8 Å². The number of rotatable bonds is 8. The quantitative estimate of drug-likeness (QED) is 0.238. The van der Waals surface area contributed by atoms with Gasteiger partial charge in [0.05, 0.1) is 22.0 Å². The zero-order valence-electron chi connectivity index (χ0n) is 22.1. The van der Waals surface area contributed by atoms with Crippen molar-refractivity contribution in [2.75, 3.05) is 24.6 Å². The highest BCUT2D eigenvalue weighted by Gasteiger charge is 2.34. The number of nitrogens with zero attached hydrogens (tertiary/aromatic N) is 2. The van der Waals surface area contributed by atoms with Crippen LogP contribution in [0.3, 0.4) is 0 Å². The van der Waals surface area contributed by atoms with Gasteiger partial charge in [0.25, 0.3) is 10.0 Å². The number of halogens is 1.